The number of aliphatic hydroxyl groups excluding tert-OH is 2. The summed E-state index contributed by atoms with van der Waals surface area (Å²) in [5.41, 5.74) is 2.67. The van der Waals surface area contributed by atoms with Gasteiger partial charge >= 0.3 is 0 Å². The summed E-state index contributed by atoms with van der Waals surface area (Å²) in [7, 11) is 6.53. The van der Waals surface area contributed by atoms with Crippen LogP contribution in [0.3, 0.4) is 0 Å². The van der Waals surface area contributed by atoms with Crippen molar-refractivity contribution in [1.29, 1.82) is 0 Å². The predicted molar refractivity (Wildman–Crippen MR) is 155 cm³/mol. The monoisotopic (exact) mass is 585 g/mol. The number of Topliss-reactive ketones (excluding diaryl/α,β-unsaturated/α-hetero) is 2. The fourth-order valence-corrected chi connectivity index (χ4v) is 6.71. The van der Waals surface area contributed by atoms with Gasteiger partial charge in [0.25, 0.3) is 5.91 Å². The third kappa shape index (κ3) is 4.61. The molecule has 1 fully saturated rings. The summed E-state index contributed by atoms with van der Waals surface area (Å²) in [5.74, 6) is -7.67. The van der Waals surface area contributed by atoms with Crippen molar-refractivity contribution in [1.82, 2.24) is 9.80 Å². The van der Waals surface area contributed by atoms with Crippen LogP contribution in [0.4, 0.5) is 11.4 Å². The lowest BCUT2D eigenvalue weighted by Gasteiger charge is -2.50. The second-order valence-corrected chi connectivity index (χ2v) is 11.6. The molecule has 2 amide bonds. The van der Waals surface area contributed by atoms with Crippen molar-refractivity contribution in [2.24, 2.45) is 17.6 Å². The van der Waals surface area contributed by atoms with Gasteiger partial charge < -0.3 is 41.3 Å². The first-order chi connectivity index (χ1) is 19.6. The van der Waals surface area contributed by atoms with Gasteiger partial charge in [-0.3, -0.25) is 24.1 Å². The Morgan fingerprint density at radius 1 is 1.10 bits per heavy atom. The zero-order valence-electron chi connectivity index (χ0n) is 24.7. The second kappa shape index (κ2) is 11.0. The molecule has 4 atom stereocenters. The summed E-state index contributed by atoms with van der Waals surface area (Å²) in [6.45, 7) is 5.02. The lowest BCUT2D eigenvalue weighted by atomic mass is 9.57. The molecule has 42 heavy (non-hydrogen) atoms. The molecule has 4 rings (SSSR count). The number of aromatic hydroxyl groups is 1. The van der Waals surface area contributed by atoms with E-state index in [2.05, 4.69) is 5.32 Å². The van der Waals surface area contributed by atoms with Crippen molar-refractivity contribution in [2.75, 3.05) is 58.0 Å². The maximum absolute atomic E-state index is 14.1. The highest BCUT2D eigenvalue weighted by molar-refractivity contribution is 6.24. The Hall–Kier alpha value is -3.94. The average Bonchev–Trinajstić information content (AvgIpc) is 2.88. The highest BCUT2D eigenvalue weighted by atomic mass is 16.3. The molecule has 228 valence electrons. The minimum Gasteiger partial charge on any atom is -0.508 e. The molecule has 2 unspecified atom stereocenters. The van der Waals surface area contributed by atoms with E-state index in [1.807, 2.05) is 18.7 Å². The molecule has 3 aliphatic carbocycles. The van der Waals surface area contributed by atoms with Crippen LogP contribution in [-0.4, -0.2) is 113 Å². The third-order valence-corrected chi connectivity index (χ3v) is 8.54. The van der Waals surface area contributed by atoms with Gasteiger partial charge in [0.15, 0.2) is 11.4 Å². The van der Waals surface area contributed by atoms with E-state index in [4.69, 9.17) is 5.73 Å². The summed E-state index contributed by atoms with van der Waals surface area (Å²) in [4.78, 5) is 57.3. The number of nitrogens with two attached hydrogens (primary N) is 1. The Balaban J connectivity index is 1.97. The van der Waals surface area contributed by atoms with Crippen LogP contribution in [0, 0.1) is 11.8 Å². The molecule has 7 N–H and O–H groups in total. The highest BCUT2D eigenvalue weighted by Crippen LogP contribution is 2.54. The van der Waals surface area contributed by atoms with Crippen molar-refractivity contribution in [3.05, 3.63) is 34.1 Å². The maximum atomic E-state index is 14.1. The van der Waals surface area contributed by atoms with Crippen LogP contribution in [0.25, 0.3) is 5.76 Å². The first kappa shape index (κ1) is 31.0. The van der Waals surface area contributed by atoms with Crippen molar-refractivity contribution in [2.45, 2.75) is 38.3 Å². The number of primary amides is 1. The normalized spacial score (nSPS) is 25.4. The first-order valence-electron chi connectivity index (χ1n) is 13.8. The number of carbonyl (C=O) groups is 4. The van der Waals surface area contributed by atoms with Crippen molar-refractivity contribution in [3.63, 3.8) is 0 Å². The molecule has 1 aromatic rings. The van der Waals surface area contributed by atoms with E-state index in [9.17, 15) is 39.6 Å². The van der Waals surface area contributed by atoms with Crippen LogP contribution in [0.2, 0.25) is 0 Å². The van der Waals surface area contributed by atoms with Gasteiger partial charge in [-0.2, -0.15) is 0 Å². The fourth-order valence-electron chi connectivity index (χ4n) is 6.71. The van der Waals surface area contributed by atoms with Crippen LogP contribution >= 0.6 is 0 Å². The number of hydrogen-bond acceptors (Lipinski definition) is 11. The molecule has 3 aliphatic rings. The number of phenols is 1. The van der Waals surface area contributed by atoms with Crippen LogP contribution in [0.15, 0.2) is 23.0 Å². The lowest BCUT2D eigenvalue weighted by molar-refractivity contribution is -0.153. The lowest BCUT2D eigenvalue weighted by Crippen LogP contribution is -2.65. The molecule has 13 heteroatoms. The fraction of sp³-hybridized carbons (Fsp3) is 0.517. The quantitative estimate of drug-likeness (QED) is 0.181. The number of hydrogen-bond donors (Lipinski definition) is 6. The molecule has 13 nitrogen and oxygen atoms in total. The zero-order valence-corrected chi connectivity index (χ0v) is 24.7. The standard InChI is InChI=1S/C29H39N5O8/c1-7-34(8-2)17-11-16(31-18(35)12-32(3)4)23(36)20-14(17)9-13-10-15-22(33(5)6)25(38)21(28(30)41)27(40)29(15,42)26(39)19(13)24(20)37/h11,13,15,22,36-37,40,42H,7-10,12H2,1-6H3,(H2,30,41)(H,31,35)/t13?,15?,22-,29-/m0/s1. The molecular weight excluding hydrogens is 546 g/mol. The largest absolute Gasteiger partial charge is 0.508 e. The number of nitrogens with one attached hydrogen (secondary N) is 1. The van der Waals surface area contributed by atoms with Gasteiger partial charge in [-0.15, -0.1) is 0 Å². The van der Waals surface area contributed by atoms with Crippen molar-refractivity contribution in [3.8, 4) is 5.75 Å². The van der Waals surface area contributed by atoms with Gasteiger partial charge in [0.2, 0.25) is 11.7 Å². The van der Waals surface area contributed by atoms with E-state index in [0.717, 1.165) is 0 Å². The van der Waals surface area contributed by atoms with Crippen molar-refractivity contribution < 1.29 is 39.6 Å². The van der Waals surface area contributed by atoms with Gasteiger partial charge in [-0.25, -0.2) is 0 Å². The van der Waals surface area contributed by atoms with E-state index in [1.54, 1.807) is 39.2 Å². The number of fused-ring (bicyclic) bond motifs is 3. The number of benzene rings is 1. The Morgan fingerprint density at radius 3 is 2.24 bits per heavy atom. The molecule has 0 bridgehead atoms. The summed E-state index contributed by atoms with van der Waals surface area (Å²) < 4.78 is 0. The zero-order chi connectivity index (χ0) is 31.4. The SMILES string of the molecule is CCN(CC)c1cc(NC(=O)CN(C)C)c(O)c2c1CC1CC3[C@H](N(C)C)C(=O)C(C(N)=O)=C(O)[C@@]3(O)C(=O)C1=C2O. The number of carbonyl (C=O) groups excluding carboxylic acids is 4. The Kier molecular flexibility index (Phi) is 8.15. The minimum atomic E-state index is -2.72. The number of likely N-dealkylation sites (N-methyl/N-ethyl adjacent to an activating group) is 2. The number of amides is 2. The van der Waals surface area contributed by atoms with Gasteiger partial charge in [0, 0.05) is 30.3 Å². The van der Waals surface area contributed by atoms with Crippen LogP contribution in [0.5, 0.6) is 5.75 Å². The van der Waals surface area contributed by atoms with Crippen LogP contribution in [0.1, 0.15) is 31.4 Å². The van der Waals surface area contributed by atoms with Crippen molar-refractivity contribution >= 4 is 40.5 Å². The van der Waals surface area contributed by atoms with E-state index >= 15 is 0 Å². The van der Waals surface area contributed by atoms with Crippen LogP contribution < -0.4 is 16.0 Å². The topological polar surface area (TPSA) is 197 Å². The molecule has 0 saturated heterocycles. The predicted octanol–water partition coefficient (Wildman–Crippen LogP) is 0.310. The highest BCUT2D eigenvalue weighted by Gasteiger charge is 2.64. The maximum Gasteiger partial charge on any atom is 0.255 e. The minimum absolute atomic E-state index is 0.00840. The van der Waals surface area contributed by atoms with E-state index in [-0.39, 0.29) is 36.2 Å². The summed E-state index contributed by atoms with van der Waals surface area (Å²) in [5, 5.41) is 48.5. The smallest absolute Gasteiger partial charge is 0.255 e. The molecular formula is C29H39N5O8. The van der Waals surface area contributed by atoms with E-state index in [1.165, 1.54) is 4.90 Å². The average molecular weight is 586 g/mol. The number of anilines is 2. The van der Waals surface area contributed by atoms with Gasteiger partial charge in [0.05, 0.1) is 23.8 Å². The first-order valence-corrected chi connectivity index (χ1v) is 13.8. The number of nitrogens with zero attached hydrogens (tertiary/aromatic N) is 3. The Bertz CT molecular complexity index is 1430. The number of rotatable bonds is 8. The summed E-state index contributed by atoms with van der Waals surface area (Å²) >= 11 is 0. The summed E-state index contributed by atoms with van der Waals surface area (Å²) in [6, 6.07) is 0.474. The Labute approximate surface area is 243 Å². The number of ketones is 2. The van der Waals surface area contributed by atoms with Gasteiger partial charge in [-0.05, 0) is 72.4 Å². The summed E-state index contributed by atoms with van der Waals surface area (Å²) in [6.07, 6.45) is 0.144. The number of phenolic OH excluding ortho intramolecular Hbond substituents is 1. The third-order valence-electron chi connectivity index (χ3n) is 8.54. The van der Waals surface area contributed by atoms with E-state index < -0.39 is 69.7 Å². The van der Waals surface area contributed by atoms with Crippen LogP contribution in [-0.2, 0) is 25.6 Å². The molecule has 0 spiro atoms. The molecule has 1 aromatic carbocycles. The molecule has 1 saturated carbocycles. The second-order valence-electron chi connectivity index (χ2n) is 11.6. The molecule has 0 aliphatic heterocycles. The van der Waals surface area contributed by atoms with E-state index in [0.29, 0.717) is 24.3 Å². The molecule has 0 radical (unpaired) electrons. The molecule has 0 heterocycles. The number of aliphatic hydroxyl groups is 3. The van der Waals surface area contributed by atoms with Gasteiger partial charge in [-0.1, -0.05) is 0 Å². The Morgan fingerprint density at radius 2 is 1.71 bits per heavy atom. The molecule has 0 aromatic heterocycles. The van der Waals surface area contributed by atoms with Gasteiger partial charge in [0.1, 0.15) is 22.8 Å².